The van der Waals surface area contributed by atoms with Crippen LogP contribution in [0.4, 0.5) is 0 Å². The van der Waals surface area contributed by atoms with Crippen molar-refractivity contribution >= 4 is 0 Å². The first-order valence-electron chi connectivity index (χ1n) is 9.81. The minimum atomic E-state index is -0.215. The zero-order valence-electron chi connectivity index (χ0n) is 17.2. The molecule has 3 aromatic carbocycles. The smallest absolute Gasteiger partial charge is 0.118 e. The van der Waals surface area contributed by atoms with E-state index in [1.54, 1.807) is 14.2 Å². The Bertz CT molecular complexity index is 940. The van der Waals surface area contributed by atoms with Gasteiger partial charge in [-0.15, -0.1) is 0 Å². The first-order chi connectivity index (χ1) is 14.7. The molecule has 0 aliphatic heterocycles. The van der Waals surface area contributed by atoms with Gasteiger partial charge in [0.05, 0.1) is 38.2 Å². The van der Waals surface area contributed by atoms with Crippen LogP contribution >= 0.6 is 0 Å². The molecule has 0 saturated heterocycles. The summed E-state index contributed by atoms with van der Waals surface area (Å²) in [5.74, 6) is 1.13. The van der Waals surface area contributed by atoms with Gasteiger partial charge in [-0.05, 0) is 59.4 Å². The van der Waals surface area contributed by atoms with Crippen molar-refractivity contribution in [1.82, 2.24) is 0 Å². The van der Waals surface area contributed by atoms with Crippen LogP contribution in [0, 0.1) is 22.7 Å². The van der Waals surface area contributed by atoms with Gasteiger partial charge in [-0.2, -0.15) is 10.5 Å². The molecule has 4 heteroatoms. The lowest BCUT2D eigenvalue weighted by Gasteiger charge is -2.13. The summed E-state index contributed by atoms with van der Waals surface area (Å²) in [4.78, 5) is 0. The fourth-order valence-corrected chi connectivity index (χ4v) is 3.43. The van der Waals surface area contributed by atoms with Crippen molar-refractivity contribution in [1.29, 1.82) is 10.5 Å². The van der Waals surface area contributed by atoms with Crippen LogP contribution in [0.15, 0.2) is 72.8 Å². The van der Waals surface area contributed by atoms with Crippen molar-refractivity contribution in [3.63, 3.8) is 0 Å². The number of ether oxygens (including phenoxy) is 2. The molecule has 0 N–H and O–H groups in total. The molecule has 4 nitrogen and oxygen atoms in total. The minimum absolute atomic E-state index is 0.215. The van der Waals surface area contributed by atoms with Gasteiger partial charge in [-0.25, -0.2) is 0 Å². The van der Waals surface area contributed by atoms with Crippen LogP contribution in [-0.4, -0.2) is 14.2 Å². The van der Waals surface area contributed by atoms with Gasteiger partial charge in [0.15, 0.2) is 0 Å². The predicted octanol–water partition coefficient (Wildman–Crippen LogP) is 5.40. The molecule has 2 unspecified atom stereocenters. The van der Waals surface area contributed by atoms with Crippen molar-refractivity contribution in [3.05, 3.63) is 95.1 Å². The van der Waals surface area contributed by atoms with E-state index < -0.39 is 0 Å². The quantitative estimate of drug-likeness (QED) is 0.511. The Labute approximate surface area is 177 Å². The lowest BCUT2D eigenvalue weighted by molar-refractivity contribution is 0.414. The van der Waals surface area contributed by atoms with E-state index in [1.165, 1.54) is 0 Å². The zero-order valence-corrected chi connectivity index (χ0v) is 17.2. The number of methoxy groups -OCH3 is 2. The Hall–Kier alpha value is -3.76. The molecule has 0 saturated carbocycles. The van der Waals surface area contributed by atoms with Gasteiger partial charge in [0.1, 0.15) is 11.5 Å². The fourth-order valence-electron chi connectivity index (χ4n) is 3.43. The molecule has 0 fully saturated rings. The third kappa shape index (κ3) is 5.19. The molecule has 2 atom stereocenters. The highest BCUT2D eigenvalue weighted by atomic mass is 16.5. The molecule has 0 bridgehead atoms. The monoisotopic (exact) mass is 396 g/mol. The van der Waals surface area contributed by atoms with Crippen LogP contribution in [0.25, 0.3) is 0 Å². The summed E-state index contributed by atoms with van der Waals surface area (Å²) < 4.78 is 10.4. The molecule has 3 rings (SSSR count). The number of rotatable bonds is 8. The maximum atomic E-state index is 9.61. The topological polar surface area (TPSA) is 66.0 Å². The summed E-state index contributed by atoms with van der Waals surface area (Å²) in [5.41, 5.74) is 4.15. The number of hydrogen-bond acceptors (Lipinski definition) is 4. The molecular weight excluding hydrogens is 372 g/mol. The molecule has 30 heavy (non-hydrogen) atoms. The van der Waals surface area contributed by atoms with E-state index in [0.717, 1.165) is 33.8 Å². The van der Waals surface area contributed by atoms with E-state index >= 15 is 0 Å². The van der Waals surface area contributed by atoms with E-state index in [2.05, 4.69) is 12.1 Å². The second-order valence-corrected chi connectivity index (χ2v) is 7.13. The second-order valence-electron chi connectivity index (χ2n) is 7.13. The maximum absolute atomic E-state index is 9.61. The highest BCUT2D eigenvalue weighted by Gasteiger charge is 2.14. The molecule has 0 aromatic heterocycles. The first kappa shape index (κ1) is 21.0. The van der Waals surface area contributed by atoms with Gasteiger partial charge in [0.2, 0.25) is 0 Å². The van der Waals surface area contributed by atoms with Gasteiger partial charge >= 0.3 is 0 Å². The third-order valence-electron chi connectivity index (χ3n) is 5.25. The number of benzene rings is 3. The minimum Gasteiger partial charge on any atom is -0.497 e. The van der Waals surface area contributed by atoms with Crippen LogP contribution in [-0.2, 0) is 12.8 Å². The van der Waals surface area contributed by atoms with Crippen molar-refractivity contribution in [2.45, 2.75) is 24.7 Å². The standard InChI is InChI=1S/C26H24N2O2/c1-29-25-11-7-21(8-12-25)23(17-27)15-19-3-5-20(6-4-19)16-24(18-28)22-9-13-26(30-2)14-10-22/h3-14,23-24H,15-16H2,1-2H3. The lowest BCUT2D eigenvalue weighted by Crippen LogP contribution is -2.03. The molecule has 0 aliphatic rings. The molecule has 0 heterocycles. The Kier molecular flexibility index (Phi) is 7.09. The normalized spacial score (nSPS) is 12.3. The molecule has 3 aromatic rings. The fraction of sp³-hybridized carbons (Fsp3) is 0.231. The van der Waals surface area contributed by atoms with Gasteiger partial charge < -0.3 is 9.47 Å². The summed E-state index contributed by atoms with van der Waals surface area (Å²) in [6.07, 6.45) is 1.28. The average Bonchev–Trinajstić information content (AvgIpc) is 2.82. The third-order valence-corrected chi connectivity index (χ3v) is 5.25. The summed E-state index contributed by atoms with van der Waals surface area (Å²) in [6.45, 7) is 0. The van der Waals surface area contributed by atoms with Crippen LogP contribution in [0.2, 0.25) is 0 Å². The maximum Gasteiger partial charge on any atom is 0.118 e. The predicted molar refractivity (Wildman–Crippen MR) is 117 cm³/mol. The lowest BCUT2D eigenvalue weighted by atomic mass is 9.90. The molecular formula is C26H24N2O2. The second kappa shape index (κ2) is 10.1. The molecule has 0 spiro atoms. The number of nitriles is 2. The van der Waals surface area contributed by atoms with Crippen LogP contribution in [0.3, 0.4) is 0 Å². The van der Waals surface area contributed by atoms with Gasteiger partial charge in [0, 0.05) is 0 Å². The Morgan fingerprint density at radius 3 is 1.20 bits per heavy atom. The summed E-state index contributed by atoms with van der Waals surface area (Å²) in [6, 6.07) is 28.3. The zero-order chi connectivity index (χ0) is 21.3. The van der Waals surface area contributed by atoms with Crippen molar-refractivity contribution in [2.24, 2.45) is 0 Å². The summed E-state index contributed by atoms with van der Waals surface area (Å²) in [7, 11) is 3.26. The van der Waals surface area contributed by atoms with E-state index in [4.69, 9.17) is 9.47 Å². The summed E-state index contributed by atoms with van der Waals surface area (Å²) in [5, 5.41) is 19.2. The van der Waals surface area contributed by atoms with E-state index in [0.29, 0.717) is 12.8 Å². The van der Waals surface area contributed by atoms with Crippen molar-refractivity contribution in [3.8, 4) is 23.6 Å². The summed E-state index contributed by atoms with van der Waals surface area (Å²) >= 11 is 0. The first-order valence-corrected chi connectivity index (χ1v) is 9.81. The van der Waals surface area contributed by atoms with Crippen LogP contribution in [0.1, 0.15) is 34.1 Å². The largest absolute Gasteiger partial charge is 0.497 e. The SMILES string of the molecule is COc1ccc(C(C#N)Cc2ccc(CC(C#N)c3ccc(OC)cc3)cc2)cc1. The highest BCUT2D eigenvalue weighted by Crippen LogP contribution is 2.25. The van der Waals surface area contributed by atoms with Crippen molar-refractivity contribution in [2.75, 3.05) is 14.2 Å². The molecule has 150 valence electrons. The van der Waals surface area contributed by atoms with Crippen LogP contribution < -0.4 is 9.47 Å². The Morgan fingerprint density at radius 1 is 0.600 bits per heavy atom. The molecule has 0 amide bonds. The van der Waals surface area contributed by atoms with E-state index in [-0.39, 0.29) is 11.8 Å². The number of nitrogens with zero attached hydrogens (tertiary/aromatic N) is 2. The average molecular weight is 396 g/mol. The van der Waals surface area contributed by atoms with Gasteiger partial charge in [-0.1, -0.05) is 48.5 Å². The highest BCUT2D eigenvalue weighted by molar-refractivity contribution is 5.36. The van der Waals surface area contributed by atoms with Crippen molar-refractivity contribution < 1.29 is 9.47 Å². The Morgan fingerprint density at radius 2 is 0.933 bits per heavy atom. The molecule has 0 aliphatic carbocycles. The van der Waals surface area contributed by atoms with Gasteiger partial charge in [0.25, 0.3) is 0 Å². The Balaban J connectivity index is 1.67. The molecule has 0 radical (unpaired) electrons. The van der Waals surface area contributed by atoms with E-state index in [9.17, 15) is 10.5 Å². The number of hydrogen-bond donors (Lipinski definition) is 0. The van der Waals surface area contributed by atoms with Crippen LogP contribution in [0.5, 0.6) is 11.5 Å². The van der Waals surface area contributed by atoms with Gasteiger partial charge in [-0.3, -0.25) is 0 Å². The van der Waals surface area contributed by atoms with E-state index in [1.807, 2.05) is 72.8 Å².